The number of fused-ring (bicyclic) bond motifs is 18. The van der Waals surface area contributed by atoms with E-state index in [9.17, 15) is 0 Å². The quantitative estimate of drug-likeness (QED) is 0.161. The molecule has 2 aromatic heterocycles. The predicted molar refractivity (Wildman–Crippen MR) is 317 cm³/mol. The second-order valence-electron chi connectivity index (χ2n) is 25.8. The van der Waals surface area contributed by atoms with E-state index in [4.69, 9.17) is 4.42 Å². The van der Waals surface area contributed by atoms with Crippen molar-refractivity contribution in [3.05, 3.63) is 208 Å². The van der Waals surface area contributed by atoms with Crippen LogP contribution in [0.2, 0.25) is 0 Å². The Kier molecular flexibility index (Phi) is 9.25. The molecule has 0 saturated carbocycles. The van der Waals surface area contributed by atoms with Crippen LogP contribution in [0.5, 0.6) is 0 Å². The van der Waals surface area contributed by atoms with Crippen LogP contribution >= 0.6 is 11.3 Å². The molecule has 5 heteroatoms. The van der Waals surface area contributed by atoms with Crippen molar-refractivity contribution < 1.29 is 4.42 Å². The van der Waals surface area contributed by atoms with Gasteiger partial charge in [0.15, 0.2) is 0 Å². The van der Waals surface area contributed by atoms with E-state index >= 15 is 0 Å². The Hall–Kier alpha value is -7.08. The Morgan fingerprint density at radius 3 is 1.54 bits per heavy atom. The molecule has 0 unspecified atom stereocenters. The number of nitrogens with zero attached hydrogens (tertiary/aromatic N) is 2. The third-order valence-corrected chi connectivity index (χ3v) is 18.4. The van der Waals surface area contributed by atoms with E-state index in [0.29, 0.717) is 0 Å². The first-order valence-electron chi connectivity index (χ1n) is 26.7. The van der Waals surface area contributed by atoms with Crippen LogP contribution < -0.4 is 25.5 Å². The minimum atomic E-state index is -0.561. The SMILES string of the molecule is CC(C)(C)c1ccc(N2c3cc(C(C)(C)C)ccc3B3c4sc5c(c4N(c4ccc(C(C)(C)C)cc4)c4cc(C(C)(C)C)cc2c43)-c2cc3oc4ccccc4c3cc2C52c3ccccc3-c3ccccc32)cc1. The van der Waals surface area contributed by atoms with Crippen LogP contribution in [0.4, 0.5) is 34.1 Å². The molecule has 2 aliphatic carbocycles. The van der Waals surface area contributed by atoms with Crippen LogP contribution in [0, 0.1) is 0 Å². The summed E-state index contributed by atoms with van der Waals surface area (Å²) in [6, 6.07) is 63.5. The number of thiophene rings is 1. The number of hydrogen-bond donors (Lipinski definition) is 0. The topological polar surface area (TPSA) is 19.6 Å². The van der Waals surface area contributed by atoms with Crippen molar-refractivity contribution in [2.75, 3.05) is 9.80 Å². The zero-order chi connectivity index (χ0) is 51.2. The van der Waals surface area contributed by atoms with E-state index in [0.717, 1.165) is 21.9 Å². The molecule has 4 heterocycles. The highest BCUT2D eigenvalue weighted by Gasteiger charge is 2.57. The third-order valence-electron chi connectivity index (χ3n) is 17.1. The Labute approximate surface area is 441 Å². The summed E-state index contributed by atoms with van der Waals surface area (Å²) >= 11 is 2.06. The van der Waals surface area contributed by atoms with Crippen molar-refractivity contribution in [2.45, 2.75) is 110 Å². The zero-order valence-electron chi connectivity index (χ0n) is 44.9. The van der Waals surface area contributed by atoms with Crippen LogP contribution in [0.15, 0.2) is 168 Å². The first kappa shape index (κ1) is 45.5. The Morgan fingerprint density at radius 2 is 0.946 bits per heavy atom. The summed E-state index contributed by atoms with van der Waals surface area (Å²) in [5.41, 5.74) is 25.7. The van der Waals surface area contributed by atoms with Gasteiger partial charge in [0.05, 0.1) is 11.1 Å². The molecule has 8 aromatic carbocycles. The lowest BCUT2D eigenvalue weighted by molar-refractivity contribution is 0.589. The maximum absolute atomic E-state index is 6.89. The molecular weight excluding hydrogens is 916 g/mol. The molecule has 1 spiro atoms. The molecule has 2 aliphatic heterocycles. The zero-order valence-corrected chi connectivity index (χ0v) is 45.7. The van der Waals surface area contributed by atoms with Crippen LogP contribution in [-0.4, -0.2) is 6.71 Å². The third kappa shape index (κ3) is 6.20. The van der Waals surface area contributed by atoms with Gasteiger partial charge in [-0.15, -0.1) is 11.3 Å². The molecule has 0 atom stereocenters. The Morgan fingerprint density at radius 1 is 0.432 bits per heavy atom. The molecular formula is C69H63BN2OS. The summed E-state index contributed by atoms with van der Waals surface area (Å²) in [5.74, 6) is 0. The second kappa shape index (κ2) is 15.0. The molecule has 3 nitrogen and oxygen atoms in total. The normalized spacial score (nSPS) is 15.1. The summed E-state index contributed by atoms with van der Waals surface area (Å²) in [6.07, 6.45) is 0. The van der Waals surface area contributed by atoms with Gasteiger partial charge >= 0.3 is 0 Å². The molecule has 74 heavy (non-hydrogen) atoms. The largest absolute Gasteiger partial charge is 0.456 e. The minimum Gasteiger partial charge on any atom is -0.456 e. The van der Waals surface area contributed by atoms with E-state index in [1.54, 1.807) is 0 Å². The first-order chi connectivity index (χ1) is 35.2. The fourth-order valence-electron chi connectivity index (χ4n) is 13.2. The maximum Gasteiger partial charge on any atom is 0.264 e. The van der Waals surface area contributed by atoms with Gasteiger partial charge in [0.2, 0.25) is 0 Å². The van der Waals surface area contributed by atoms with Gasteiger partial charge in [-0.05, 0) is 149 Å². The van der Waals surface area contributed by atoms with Gasteiger partial charge in [0.25, 0.3) is 6.71 Å². The Bertz CT molecular complexity index is 3960. The van der Waals surface area contributed by atoms with Gasteiger partial charge in [0.1, 0.15) is 11.2 Å². The number of hydrogen-bond acceptors (Lipinski definition) is 4. The van der Waals surface area contributed by atoms with E-state index in [2.05, 4.69) is 268 Å². The van der Waals surface area contributed by atoms with Gasteiger partial charge in [-0.25, -0.2) is 0 Å². The average Bonchev–Trinajstić information content (AvgIpc) is 4.10. The number of furan rings is 1. The molecule has 0 N–H and O–H groups in total. The van der Waals surface area contributed by atoms with E-state index < -0.39 is 5.41 Å². The molecule has 4 aliphatic rings. The van der Waals surface area contributed by atoms with Crippen molar-refractivity contribution in [3.8, 4) is 22.3 Å². The smallest absolute Gasteiger partial charge is 0.264 e. The highest BCUT2D eigenvalue weighted by molar-refractivity contribution is 7.30. The minimum absolute atomic E-state index is 0.00316. The van der Waals surface area contributed by atoms with Crippen LogP contribution in [0.1, 0.15) is 127 Å². The highest BCUT2D eigenvalue weighted by Crippen LogP contribution is 2.67. The van der Waals surface area contributed by atoms with Crippen LogP contribution in [0.3, 0.4) is 0 Å². The lowest BCUT2D eigenvalue weighted by atomic mass is 9.36. The van der Waals surface area contributed by atoms with Crippen molar-refractivity contribution >= 4 is 89.8 Å². The van der Waals surface area contributed by atoms with Gasteiger partial charge < -0.3 is 14.2 Å². The number of para-hydroxylation sites is 1. The van der Waals surface area contributed by atoms with Crippen LogP contribution in [-0.2, 0) is 27.1 Å². The summed E-state index contributed by atoms with van der Waals surface area (Å²) in [7, 11) is 0. The van der Waals surface area contributed by atoms with E-state index in [1.165, 1.54) is 116 Å². The molecule has 0 bridgehead atoms. The number of anilines is 6. The fourth-order valence-corrected chi connectivity index (χ4v) is 14.8. The number of benzene rings is 8. The summed E-state index contributed by atoms with van der Waals surface area (Å²) in [4.78, 5) is 6.70. The van der Waals surface area contributed by atoms with E-state index in [1.807, 2.05) is 0 Å². The predicted octanol–water partition coefficient (Wildman–Crippen LogP) is 17.3. The number of rotatable bonds is 2. The van der Waals surface area contributed by atoms with E-state index in [-0.39, 0.29) is 28.4 Å². The van der Waals surface area contributed by atoms with Gasteiger partial charge in [0, 0.05) is 54.4 Å². The summed E-state index contributed by atoms with van der Waals surface area (Å²) < 4.78 is 8.27. The molecule has 0 radical (unpaired) electrons. The van der Waals surface area contributed by atoms with Gasteiger partial charge in [-0.3, -0.25) is 0 Å². The first-order valence-corrected chi connectivity index (χ1v) is 27.5. The standard InChI is InChI=1S/C69H63BN2OS/c1-65(2,3)40-25-30-44(31-26-40)71-55-35-42(67(7,8)9)29-34-54(55)70-61-56(71)36-43(68(10,11)12)37-57(61)72(45-32-27-41(28-33-45)66(4,5)6)62-60-50-39-59-49(48-21-15-18-24-58(48)73-59)38-53(50)69(63(60)74-64(62)70)51-22-16-13-19-46(51)47-20-14-17-23-52(47)69/h13-39H,1-12H3. The van der Waals surface area contributed by atoms with Crippen molar-refractivity contribution in [2.24, 2.45) is 0 Å². The van der Waals surface area contributed by atoms with Gasteiger partial charge in [-0.1, -0.05) is 186 Å². The van der Waals surface area contributed by atoms with Crippen molar-refractivity contribution in [1.29, 1.82) is 0 Å². The average molecular weight is 979 g/mol. The summed E-state index contributed by atoms with van der Waals surface area (Å²) in [6.45, 7) is 28.0. The monoisotopic (exact) mass is 978 g/mol. The summed E-state index contributed by atoms with van der Waals surface area (Å²) in [5, 5.41) is 2.32. The van der Waals surface area contributed by atoms with Crippen molar-refractivity contribution in [1.82, 2.24) is 0 Å². The molecule has 0 amide bonds. The second-order valence-corrected chi connectivity index (χ2v) is 26.8. The lowest BCUT2D eigenvalue weighted by Crippen LogP contribution is -2.60. The molecule has 0 saturated heterocycles. The lowest BCUT2D eigenvalue weighted by Gasteiger charge is -2.45. The Balaban J connectivity index is 1.16. The highest BCUT2D eigenvalue weighted by atomic mass is 32.1. The molecule has 0 fully saturated rings. The molecule has 14 rings (SSSR count). The van der Waals surface area contributed by atoms with Gasteiger partial charge in [-0.2, -0.15) is 0 Å². The van der Waals surface area contributed by atoms with Crippen LogP contribution in [0.25, 0.3) is 44.2 Å². The molecule has 364 valence electrons. The fraction of sp³-hybridized carbons (Fsp3) is 0.246. The maximum atomic E-state index is 6.89. The molecule has 10 aromatic rings. The van der Waals surface area contributed by atoms with Crippen molar-refractivity contribution in [3.63, 3.8) is 0 Å².